The smallest absolute Gasteiger partial charge is 0.335 e. The summed E-state index contributed by atoms with van der Waals surface area (Å²) in [7, 11) is 0. The van der Waals surface area contributed by atoms with E-state index in [2.05, 4.69) is 13.8 Å². The van der Waals surface area contributed by atoms with Gasteiger partial charge in [-0.3, -0.25) is 4.79 Å². The number of nitrogens with zero attached hydrogens (tertiary/aromatic N) is 1. The molecule has 1 aliphatic heterocycles. The molecule has 120 valence electrons. The third-order valence-electron chi connectivity index (χ3n) is 4.58. The van der Waals surface area contributed by atoms with E-state index in [0.717, 1.165) is 37.8 Å². The Morgan fingerprint density at radius 2 is 2.00 bits per heavy atom. The summed E-state index contributed by atoms with van der Waals surface area (Å²) in [6.45, 7) is 5.27. The minimum atomic E-state index is -0.939. The van der Waals surface area contributed by atoms with Crippen LogP contribution in [0.2, 0.25) is 0 Å². The Balaban J connectivity index is 2.00. The fourth-order valence-electron chi connectivity index (χ4n) is 3.38. The van der Waals surface area contributed by atoms with Gasteiger partial charge in [-0.05, 0) is 42.9 Å². The largest absolute Gasteiger partial charge is 0.478 e. The van der Waals surface area contributed by atoms with E-state index < -0.39 is 5.97 Å². The third kappa shape index (κ3) is 3.87. The van der Waals surface area contributed by atoms with Crippen molar-refractivity contribution in [1.82, 2.24) is 4.90 Å². The molecule has 1 aliphatic rings. The van der Waals surface area contributed by atoms with E-state index in [-0.39, 0.29) is 11.5 Å². The fraction of sp³-hybridized carbons (Fsp3) is 0.556. The number of carbonyl (C=O) groups is 2. The Bertz CT molecular complexity index is 524. The van der Waals surface area contributed by atoms with Crippen molar-refractivity contribution in [2.75, 3.05) is 6.54 Å². The van der Waals surface area contributed by atoms with Crippen LogP contribution in [0.5, 0.6) is 0 Å². The molecule has 0 spiro atoms. The first-order valence-corrected chi connectivity index (χ1v) is 8.14. The third-order valence-corrected chi connectivity index (χ3v) is 4.58. The zero-order valence-corrected chi connectivity index (χ0v) is 13.4. The van der Waals surface area contributed by atoms with E-state index in [0.29, 0.717) is 18.4 Å². The number of amides is 1. The molecule has 1 aromatic rings. The lowest BCUT2D eigenvalue weighted by Gasteiger charge is -2.29. The summed E-state index contributed by atoms with van der Waals surface area (Å²) in [6.07, 6.45) is 4.85. The van der Waals surface area contributed by atoms with Crippen molar-refractivity contribution < 1.29 is 14.7 Å². The molecule has 0 saturated carbocycles. The van der Waals surface area contributed by atoms with E-state index in [1.807, 2.05) is 4.90 Å². The monoisotopic (exact) mass is 303 g/mol. The van der Waals surface area contributed by atoms with Crippen LogP contribution in [0, 0.1) is 5.92 Å². The van der Waals surface area contributed by atoms with Gasteiger partial charge < -0.3 is 10.0 Å². The molecule has 1 aromatic carbocycles. The molecule has 4 heteroatoms. The Morgan fingerprint density at radius 3 is 2.59 bits per heavy atom. The highest BCUT2D eigenvalue weighted by atomic mass is 16.4. The predicted octanol–water partition coefficient (Wildman–Crippen LogP) is 3.35. The maximum atomic E-state index is 12.6. The average Bonchev–Trinajstić information content (AvgIpc) is 2.97. The number of carbonyl (C=O) groups excluding carboxylic acids is 1. The van der Waals surface area contributed by atoms with Gasteiger partial charge in [-0.25, -0.2) is 4.79 Å². The Labute approximate surface area is 132 Å². The van der Waals surface area contributed by atoms with E-state index in [1.54, 1.807) is 24.3 Å². The highest BCUT2D eigenvalue weighted by molar-refractivity contribution is 5.87. The maximum Gasteiger partial charge on any atom is 0.335 e. The van der Waals surface area contributed by atoms with Crippen molar-refractivity contribution >= 4 is 11.9 Å². The highest BCUT2D eigenvalue weighted by Crippen LogP contribution is 2.27. The Morgan fingerprint density at radius 1 is 1.32 bits per heavy atom. The number of rotatable bonds is 6. The second-order valence-electron chi connectivity index (χ2n) is 6.24. The summed E-state index contributed by atoms with van der Waals surface area (Å²) in [6, 6.07) is 6.97. The summed E-state index contributed by atoms with van der Waals surface area (Å²) in [5.41, 5.74) is 1.13. The molecular formula is C18H25NO3. The van der Waals surface area contributed by atoms with Gasteiger partial charge in [0.1, 0.15) is 0 Å². The minimum absolute atomic E-state index is 0.161. The van der Waals surface area contributed by atoms with Crippen molar-refractivity contribution in [2.45, 2.75) is 52.0 Å². The molecule has 22 heavy (non-hydrogen) atoms. The molecule has 0 aromatic heterocycles. The van der Waals surface area contributed by atoms with Crippen molar-refractivity contribution in [3.63, 3.8) is 0 Å². The van der Waals surface area contributed by atoms with Crippen LogP contribution in [0.3, 0.4) is 0 Å². The van der Waals surface area contributed by atoms with E-state index >= 15 is 0 Å². The standard InChI is InChI=1S/C18H25NO3/c1-3-5-13(2)16-6-4-11-19(16)17(20)12-14-7-9-15(10-8-14)18(21)22/h7-10,13,16H,3-6,11-12H2,1-2H3,(H,21,22). The molecule has 1 heterocycles. The zero-order valence-electron chi connectivity index (χ0n) is 13.4. The van der Waals surface area contributed by atoms with Crippen LogP contribution < -0.4 is 0 Å². The van der Waals surface area contributed by atoms with Crippen LogP contribution in [-0.2, 0) is 11.2 Å². The van der Waals surface area contributed by atoms with Gasteiger partial charge in [0.25, 0.3) is 0 Å². The molecule has 0 bridgehead atoms. The van der Waals surface area contributed by atoms with E-state index in [4.69, 9.17) is 5.11 Å². The van der Waals surface area contributed by atoms with Crippen LogP contribution in [-0.4, -0.2) is 34.5 Å². The van der Waals surface area contributed by atoms with Gasteiger partial charge >= 0.3 is 5.97 Å². The molecule has 2 unspecified atom stereocenters. The molecule has 1 fully saturated rings. The van der Waals surface area contributed by atoms with Gasteiger partial charge in [-0.15, -0.1) is 0 Å². The summed E-state index contributed by atoms with van der Waals surface area (Å²) >= 11 is 0. The number of hydrogen-bond acceptors (Lipinski definition) is 2. The van der Waals surface area contributed by atoms with E-state index in [1.165, 1.54) is 0 Å². The van der Waals surface area contributed by atoms with Crippen LogP contribution in [0.4, 0.5) is 0 Å². The molecule has 4 nitrogen and oxygen atoms in total. The van der Waals surface area contributed by atoms with E-state index in [9.17, 15) is 9.59 Å². The first kappa shape index (κ1) is 16.5. The highest BCUT2D eigenvalue weighted by Gasteiger charge is 2.31. The van der Waals surface area contributed by atoms with Gasteiger partial charge in [0.05, 0.1) is 12.0 Å². The van der Waals surface area contributed by atoms with Gasteiger partial charge in [0, 0.05) is 12.6 Å². The first-order valence-electron chi connectivity index (χ1n) is 8.14. The second-order valence-corrected chi connectivity index (χ2v) is 6.24. The van der Waals surface area contributed by atoms with Crippen molar-refractivity contribution in [2.24, 2.45) is 5.92 Å². The fourth-order valence-corrected chi connectivity index (χ4v) is 3.38. The van der Waals surface area contributed by atoms with Gasteiger partial charge in [-0.1, -0.05) is 32.4 Å². The number of benzene rings is 1. The Kier molecular flexibility index (Phi) is 5.58. The summed E-state index contributed by atoms with van der Waals surface area (Å²) < 4.78 is 0. The molecule has 1 saturated heterocycles. The molecular weight excluding hydrogens is 278 g/mol. The summed E-state index contributed by atoms with van der Waals surface area (Å²) in [4.78, 5) is 25.4. The van der Waals surface area contributed by atoms with Gasteiger partial charge in [0.2, 0.25) is 5.91 Å². The zero-order chi connectivity index (χ0) is 16.1. The normalized spacial score (nSPS) is 19.2. The lowest BCUT2D eigenvalue weighted by atomic mass is 9.94. The molecule has 2 atom stereocenters. The average molecular weight is 303 g/mol. The summed E-state index contributed by atoms with van der Waals surface area (Å²) in [5.74, 6) is -0.231. The SMILES string of the molecule is CCCC(C)C1CCCN1C(=O)Cc1ccc(C(=O)O)cc1. The number of likely N-dealkylation sites (tertiary alicyclic amines) is 1. The number of carboxylic acids is 1. The maximum absolute atomic E-state index is 12.6. The molecule has 0 aliphatic carbocycles. The number of carboxylic acid groups (broad SMARTS) is 1. The van der Waals surface area contributed by atoms with Crippen LogP contribution >= 0.6 is 0 Å². The van der Waals surface area contributed by atoms with Crippen molar-refractivity contribution in [3.05, 3.63) is 35.4 Å². The lowest BCUT2D eigenvalue weighted by Crippen LogP contribution is -2.40. The Hall–Kier alpha value is -1.84. The molecule has 1 amide bonds. The molecule has 1 N–H and O–H groups in total. The molecule has 0 radical (unpaired) electrons. The molecule has 2 rings (SSSR count). The van der Waals surface area contributed by atoms with Crippen molar-refractivity contribution in [3.8, 4) is 0 Å². The topological polar surface area (TPSA) is 57.6 Å². The van der Waals surface area contributed by atoms with Crippen molar-refractivity contribution in [1.29, 1.82) is 0 Å². The lowest BCUT2D eigenvalue weighted by molar-refractivity contribution is -0.132. The van der Waals surface area contributed by atoms with Crippen LogP contribution in [0.1, 0.15) is 55.5 Å². The van der Waals surface area contributed by atoms with Gasteiger partial charge in [0.15, 0.2) is 0 Å². The summed E-state index contributed by atoms with van der Waals surface area (Å²) in [5, 5.41) is 8.90. The van der Waals surface area contributed by atoms with Crippen LogP contribution in [0.25, 0.3) is 0 Å². The first-order chi connectivity index (χ1) is 10.5. The van der Waals surface area contributed by atoms with Gasteiger partial charge in [-0.2, -0.15) is 0 Å². The quantitative estimate of drug-likeness (QED) is 0.876. The van der Waals surface area contributed by atoms with Crippen LogP contribution in [0.15, 0.2) is 24.3 Å². The minimum Gasteiger partial charge on any atom is -0.478 e. The number of aromatic carboxylic acids is 1. The predicted molar refractivity (Wildman–Crippen MR) is 85.9 cm³/mol. The number of hydrogen-bond donors (Lipinski definition) is 1. The second kappa shape index (κ2) is 7.43.